The Bertz CT molecular complexity index is 1370. The normalized spacial score (nSPS) is 11.9. The maximum Gasteiger partial charge on any atom is 0.419 e. The second kappa shape index (κ2) is 8.62. The highest BCUT2D eigenvalue weighted by molar-refractivity contribution is 6.03. The molecule has 2 aromatic heterocycles. The number of rotatable bonds is 6. The monoisotopic (exact) mass is 459 g/mol. The summed E-state index contributed by atoms with van der Waals surface area (Å²) in [6, 6.07) is 12.3. The summed E-state index contributed by atoms with van der Waals surface area (Å²) in [5.74, 6) is -1.01. The van der Waals surface area contributed by atoms with Gasteiger partial charge in [0, 0.05) is 24.3 Å². The molecule has 2 heterocycles. The second-order valence-electron chi connectivity index (χ2n) is 7.70. The number of oxazole rings is 1. The van der Waals surface area contributed by atoms with Crippen LogP contribution in [0.3, 0.4) is 0 Å². The number of benzene rings is 2. The van der Waals surface area contributed by atoms with Gasteiger partial charge < -0.3 is 19.1 Å². The lowest BCUT2D eigenvalue weighted by molar-refractivity contribution is -0.137. The van der Waals surface area contributed by atoms with E-state index in [0.717, 1.165) is 12.1 Å². The number of halogens is 3. The molecule has 0 aliphatic heterocycles. The van der Waals surface area contributed by atoms with Gasteiger partial charge in [-0.05, 0) is 56.6 Å². The summed E-state index contributed by atoms with van der Waals surface area (Å²) in [5, 5.41) is 2.67. The summed E-state index contributed by atoms with van der Waals surface area (Å²) in [7, 11) is 3.77. The van der Waals surface area contributed by atoms with E-state index in [1.807, 2.05) is 19.0 Å². The van der Waals surface area contributed by atoms with Gasteiger partial charge >= 0.3 is 11.9 Å². The lowest BCUT2D eigenvalue weighted by Gasteiger charge is -2.09. The van der Waals surface area contributed by atoms with Crippen LogP contribution < -0.4 is 11.1 Å². The number of fused-ring (bicyclic) bond motifs is 1. The van der Waals surface area contributed by atoms with E-state index in [-0.39, 0.29) is 17.1 Å². The number of aromatic nitrogens is 1. The number of nitrogens with one attached hydrogen (secondary N) is 1. The van der Waals surface area contributed by atoms with Crippen molar-refractivity contribution in [1.29, 1.82) is 0 Å². The third-order valence-electron chi connectivity index (χ3n) is 5.00. The fourth-order valence-electron chi connectivity index (χ4n) is 3.31. The van der Waals surface area contributed by atoms with Crippen molar-refractivity contribution in [3.05, 3.63) is 76.5 Å². The Morgan fingerprint density at radius 3 is 2.58 bits per heavy atom. The minimum absolute atomic E-state index is 0.0697. The van der Waals surface area contributed by atoms with Gasteiger partial charge in [0.1, 0.15) is 5.76 Å². The Hall–Kier alpha value is -3.79. The molecule has 0 radical (unpaired) electrons. The molecule has 172 valence electrons. The molecule has 2 aromatic carbocycles. The average molecular weight is 459 g/mol. The summed E-state index contributed by atoms with van der Waals surface area (Å²) in [5.41, 5.74) is 0.721. The zero-order valence-corrected chi connectivity index (χ0v) is 17.8. The fourth-order valence-corrected chi connectivity index (χ4v) is 3.31. The first kappa shape index (κ1) is 22.4. The smallest absolute Gasteiger partial charge is 0.419 e. The Morgan fingerprint density at radius 1 is 1.06 bits per heavy atom. The molecule has 0 bridgehead atoms. The fraction of sp³-hybridized carbons (Fsp3) is 0.217. The number of likely N-dealkylation sites (N-methyl/N-ethyl adjacent to an activating group) is 1. The van der Waals surface area contributed by atoms with E-state index in [9.17, 15) is 22.8 Å². The lowest BCUT2D eigenvalue weighted by atomic mass is 10.1. The van der Waals surface area contributed by atoms with Crippen LogP contribution in [0.1, 0.15) is 16.1 Å². The van der Waals surface area contributed by atoms with Gasteiger partial charge in [-0.1, -0.05) is 12.1 Å². The molecule has 0 fully saturated rings. The number of nitrogens with zero attached hydrogens (tertiary/aromatic N) is 2. The Balaban J connectivity index is 1.55. The molecule has 1 N–H and O–H groups in total. The number of hydrogen-bond acceptors (Lipinski definition) is 5. The van der Waals surface area contributed by atoms with Gasteiger partial charge in [-0.25, -0.2) is 4.79 Å². The molecule has 0 aliphatic carbocycles. The zero-order chi connectivity index (χ0) is 23.8. The maximum atomic E-state index is 13.0. The van der Waals surface area contributed by atoms with Crippen LogP contribution in [0.4, 0.5) is 18.9 Å². The van der Waals surface area contributed by atoms with Crippen molar-refractivity contribution in [2.24, 2.45) is 0 Å². The van der Waals surface area contributed by atoms with E-state index in [1.54, 1.807) is 18.2 Å². The highest BCUT2D eigenvalue weighted by atomic mass is 19.4. The zero-order valence-electron chi connectivity index (χ0n) is 17.8. The largest absolute Gasteiger partial charge is 0.451 e. The Kier molecular flexibility index (Phi) is 5.86. The van der Waals surface area contributed by atoms with Crippen molar-refractivity contribution in [3.63, 3.8) is 0 Å². The van der Waals surface area contributed by atoms with E-state index < -0.39 is 23.4 Å². The van der Waals surface area contributed by atoms with Crippen molar-refractivity contribution in [2.75, 3.05) is 26.0 Å². The highest BCUT2D eigenvalue weighted by Crippen LogP contribution is 2.32. The molecule has 0 saturated heterocycles. The van der Waals surface area contributed by atoms with E-state index >= 15 is 0 Å². The van der Waals surface area contributed by atoms with Gasteiger partial charge in [0.15, 0.2) is 11.3 Å². The summed E-state index contributed by atoms with van der Waals surface area (Å²) < 4.78 is 51.1. The average Bonchev–Trinajstić information content (AvgIpc) is 3.36. The van der Waals surface area contributed by atoms with Crippen LogP contribution in [0.25, 0.3) is 22.4 Å². The molecule has 1 amide bonds. The van der Waals surface area contributed by atoms with Crippen molar-refractivity contribution in [1.82, 2.24) is 9.47 Å². The van der Waals surface area contributed by atoms with Crippen LogP contribution in [-0.2, 0) is 12.7 Å². The Labute approximate surface area is 186 Å². The van der Waals surface area contributed by atoms with Crippen LogP contribution in [0, 0.1) is 0 Å². The first-order chi connectivity index (χ1) is 15.6. The number of amides is 1. The molecular formula is C23H20F3N3O4. The molecule has 0 atom stereocenters. The first-order valence-electron chi connectivity index (χ1n) is 9.99. The summed E-state index contributed by atoms with van der Waals surface area (Å²) in [4.78, 5) is 26.7. The standard InChI is InChI=1S/C23H20F3N3O4/c1-28(2)10-11-29-17-13-16(6-7-19(17)33-22(29)31)27-21(30)20-9-8-18(32-20)14-4-3-5-15(12-14)23(24,25)26/h3-9,12-13H,10-11H2,1-2H3,(H,27,30). The molecular weight excluding hydrogens is 439 g/mol. The second-order valence-corrected chi connectivity index (χ2v) is 7.70. The van der Waals surface area contributed by atoms with E-state index in [4.69, 9.17) is 8.83 Å². The van der Waals surface area contributed by atoms with Crippen LogP contribution in [0.15, 0.2) is 68.2 Å². The molecule has 4 aromatic rings. The number of alkyl halides is 3. The Morgan fingerprint density at radius 2 is 1.85 bits per heavy atom. The van der Waals surface area contributed by atoms with Crippen LogP contribution in [0.2, 0.25) is 0 Å². The minimum atomic E-state index is -4.48. The third-order valence-corrected chi connectivity index (χ3v) is 5.00. The number of anilines is 1. The number of hydrogen-bond donors (Lipinski definition) is 1. The van der Waals surface area contributed by atoms with Crippen LogP contribution >= 0.6 is 0 Å². The lowest BCUT2D eigenvalue weighted by Crippen LogP contribution is -2.23. The van der Waals surface area contributed by atoms with Crippen molar-refractivity contribution >= 4 is 22.7 Å². The molecule has 7 nitrogen and oxygen atoms in total. The summed E-state index contributed by atoms with van der Waals surface area (Å²) in [6.45, 7) is 1.03. The SMILES string of the molecule is CN(C)CCn1c(=O)oc2ccc(NC(=O)c3ccc(-c4cccc(C(F)(F)F)c4)o3)cc21. The van der Waals surface area contributed by atoms with Gasteiger partial charge in [0.2, 0.25) is 0 Å². The maximum absolute atomic E-state index is 13.0. The summed E-state index contributed by atoms with van der Waals surface area (Å²) >= 11 is 0. The van der Waals surface area contributed by atoms with E-state index in [1.165, 1.54) is 28.8 Å². The predicted molar refractivity (Wildman–Crippen MR) is 116 cm³/mol. The van der Waals surface area contributed by atoms with Gasteiger partial charge in [-0.2, -0.15) is 13.2 Å². The molecule has 0 saturated carbocycles. The van der Waals surface area contributed by atoms with Crippen molar-refractivity contribution in [3.8, 4) is 11.3 Å². The number of carbonyl (C=O) groups is 1. The third kappa shape index (κ3) is 4.85. The quantitative estimate of drug-likeness (QED) is 0.453. The van der Waals surface area contributed by atoms with Gasteiger partial charge in [0.25, 0.3) is 5.91 Å². The summed E-state index contributed by atoms with van der Waals surface area (Å²) in [6.07, 6.45) is -4.48. The van der Waals surface area contributed by atoms with Gasteiger partial charge in [-0.3, -0.25) is 9.36 Å². The van der Waals surface area contributed by atoms with Crippen LogP contribution in [-0.4, -0.2) is 36.0 Å². The van der Waals surface area contributed by atoms with E-state index in [0.29, 0.717) is 29.9 Å². The van der Waals surface area contributed by atoms with Gasteiger partial charge in [0.05, 0.1) is 11.1 Å². The van der Waals surface area contributed by atoms with E-state index in [2.05, 4.69) is 5.32 Å². The van der Waals surface area contributed by atoms with Crippen LogP contribution in [0.5, 0.6) is 0 Å². The molecule has 4 rings (SSSR count). The molecule has 0 aliphatic rings. The first-order valence-corrected chi connectivity index (χ1v) is 9.99. The van der Waals surface area contributed by atoms with Crippen molar-refractivity contribution < 1.29 is 26.8 Å². The molecule has 0 unspecified atom stereocenters. The van der Waals surface area contributed by atoms with Gasteiger partial charge in [-0.15, -0.1) is 0 Å². The highest BCUT2D eigenvalue weighted by Gasteiger charge is 2.30. The topological polar surface area (TPSA) is 80.6 Å². The number of carbonyl (C=O) groups excluding carboxylic acids is 1. The molecule has 33 heavy (non-hydrogen) atoms. The predicted octanol–water partition coefficient (Wildman–Crippen LogP) is 4.69. The number of furan rings is 1. The molecule has 10 heteroatoms. The van der Waals surface area contributed by atoms with Crippen molar-refractivity contribution in [2.45, 2.75) is 12.7 Å². The molecule has 0 spiro atoms. The minimum Gasteiger partial charge on any atom is -0.451 e.